The first kappa shape index (κ1) is 14.9. The number of benzene rings is 2. The van der Waals surface area contributed by atoms with E-state index in [0.29, 0.717) is 11.3 Å². The normalized spacial score (nSPS) is 11.6. The number of nitrogens with zero attached hydrogens (tertiary/aromatic N) is 1. The van der Waals surface area contributed by atoms with E-state index in [-0.39, 0.29) is 5.84 Å². The van der Waals surface area contributed by atoms with Gasteiger partial charge in [-0.2, -0.15) is 0 Å². The van der Waals surface area contributed by atoms with E-state index in [1.54, 1.807) is 17.8 Å². The van der Waals surface area contributed by atoms with Gasteiger partial charge in [0.15, 0.2) is 5.84 Å². The number of hydrogen-bond donors (Lipinski definition) is 2. The highest BCUT2D eigenvalue weighted by Crippen LogP contribution is 2.30. The largest absolute Gasteiger partial charge is 0.409 e. The molecule has 2 aromatic carbocycles. The number of halogens is 2. The van der Waals surface area contributed by atoms with E-state index in [9.17, 15) is 4.39 Å². The molecule has 104 valence electrons. The number of hydrogen-bond acceptors (Lipinski definition) is 3. The van der Waals surface area contributed by atoms with Crippen molar-refractivity contribution in [3.8, 4) is 0 Å². The van der Waals surface area contributed by atoms with Gasteiger partial charge in [0.25, 0.3) is 0 Å². The molecule has 0 aliphatic rings. The molecule has 20 heavy (non-hydrogen) atoms. The lowest BCUT2D eigenvalue weighted by atomic mass is 10.1. The van der Waals surface area contributed by atoms with Gasteiger partial charge in [-0.3, -0.25) is 0 Å². The van der Waals surface area contributed by atoms with Crippen LogP contribution in [0.4, 0.5) is 4.39 Å². The van der Waals surface area contributed by atoms with E-state index in [4.69, 9.17) is 10.9 Å². The van der Waals surface area contributed by atoms with Crippen LogP contribution in [0.3, 0.4) is 0 Å². The van der Waals surface area contributed by atoms with E-state index in [1.165, 1.54) is 12.1 Å². The third kappa shape index (κ3) is 3.52. The van der Waals surface area contributed by atoms with E-state index < -0.39 is 5.82 Å². The molecule has 0 saturated carbocycles. The van der Waals surface area contributed by atoms with E-state index in [0.717, 1.165) is 14.9 Å². The Balaban J connectivity index is 2.24. The molecular formula is C14H12BrFN2OS. The molecule has 0 fully saturated rings. The molecular weight excluding hydrogens is 343 g/mol. The summed E-state index contributed by atoms with van der Waals surface area (Å²) in [5.74, 6) is 0.0857. The first-order chi connectivity index (χ1) is 9.61. The van der Waals surface area contributed by atoms with Crippen LogP contribution < -0.4 is 5.73 Å². The molecule has 0 unspecified atom stereocenters. The minimum Gasteiger partial charge on any atom is -0.409 e. The van der Waals surface area contributed by atoms with Crippen molar-refractivity contribution in [2.45, 2.75) is 10.6 Å². The van der Waals surface area contributed by atoms with Crippen LogP contribution in [0.5, 0.6) is 0 Å². The van der Waals surface area contributed by atoms with Crippen LogP contribution in [0.1, 0.15) is 11.1 Å². The fraction of sp³-hybridized carbons (Fsp3) is 0.0714. The van der Waals surface area contributed by atoms with Crippen molar-refractivity contribution in [3.05, 3.63) is 63.9 Å². The molecule has 0 radical (unpaired) electrons. The van der Waals surface area contributed by atoms with Crippen LogP contribution in [0.25, 0.3) is 0 Å². The summed E-state index contributed by atoms with van der Waals surface area (Å²) in [5, 5.41) is 11.7. The highest BCUT2D eigenvalue weighted by atomic mass is 79.9. The quantitative estimate of drug-likeness (QED) is 0.287. The Morgan fingerprint density at radius 2 is 2.05 bits per heavy atom. The molecule has 2 aromatic rings. The predicted octanol–water partition coefficient (Wildman–Crippen LogP) is 3.98. The highest BCUT2D eigenvalue weighted by molar-refractivity contribution is 9.10. The van der Waals surface area contributed by atoms with Gasteiger partial charge >= 0.3 is 0 Å². The van der Waals surface area contributed by atoms with Gasteiger partial charge in [-0.15, -0.1) is 11.8 Å². The van der Waals surface area contributed by atoms with Crippen molar-refractivity contribution in [2.24, 2.45) is 10.9 Å². The van der Waals surface area contributed by atoms with Crippen molar-refractivity contribution < 1.29 is 9.60 Å². The lowest BCUT2D eigenvalue weighted by Crippen LogP contribution is -2.15. The number of thioether (sulfide) groups is 1. The molecule has 0 spiro atoms. The zero-order valence-corrected chi connectivity index (χ0v) is 12.8. The summed E-state index contributed by atoms with van der Waals surface area (Å²) in [6.45, 7) is 0. The molecule has 6 heteroatoms. The Morgan fingerprint density at radius 3 is 2.75 bits per heavy atom. The molecule has 3 N–H and O–H groups in total. The lowest BCUT2D eigenvalue weighted by molar-refractivity contribution is 0.318. The number of rotatable bonds is 4. The van der Waals surface area contributed by atoms with Gasteiger partial charge in [-0.25, -0.2) is 4.39 Å². The number of amidine groups is 1. The van der Waals surface area contributed by atoms with E-state index in [2.05, 4.69) is 21.1 Å². The van der Waals surface area contributed by atoms with Crippen molar-refractivity contribution in [1.82, 2.24) is 0 Å². The molecule has 3 nitrogen and oxygen atoms in total. The average molecular weight is 355 g/mol. The van der Waals surface area contributed by atoms with Crippen molar-refractivity contribution in [3.63, 3.8) is 0 Å². The average Bonchev–Trinajstić information content (AvgIpc) is 2.46. The SMILES string of the molecule is NC(=NO)c1cc(F)ccc1CSc1ccccc1Br. The highest BCUT2D eigenvalue weighted by Gasteiger charge is 2.10. The Kier molecular flexibility index (Phi) is 5.03. The predicted molar refractivity (Wildman–Crippen MR) is 82.6 cm³/mol. The minimum atomic E-state index is -0.416. The van der Waals surface area contributed by atoms with Crippen LogP contribution in [-0.4, -0.2) is 11.0 Å². The fourth-order valence-corrected chi connectivity index (χ4v) is 3.26. The molecule has 0 bridgehead atoms. The van der Waals surface area contributed by atoms with Gasteiger partial charge < -0.3 is 10.9 Å². The third-order valence-corrected chi connectivity index (χ3v) is 4.75. The maximum atomic E-state index is 13.3. The number of oxime groups is 1. The molecule has 0 heterocycles. The molecule has 2 rings (SSSR count). The second-order valence-corrected chi connectivity index (χ2v) is 5.88. The Morgan fingerprint density at radius 1 is 1.30 bits per heavy atom. The zero-order valence-electron chi connectivity index (χ0n) is 10.4. The molecule has 0 atom stereocenters. The molecule has 0 aliphatic carbocycles. The monoisotopic (exact) mass is 354 g/mol. The van der Waals surface area contributed by atoms with Crippen LogP contribution in [0.2, 0.25) is 0 Å². The van der Waals surface area contributed by atoms with Gasteiger partial charge in [-0.05, 0) is 45.8 Å². The summed E-state index contributed by atoms with van der Waals surface area (Å²) in [7, 11) is 0. The van der Waals surface area contributed by atoms with E-state index >= 15 is 0 Å². The maximum Gasteiger partial charge on any atom is 0.170 e. The fourth-order valence-electron chi connectivity index (χ4n) is 1.68. The summed E-state index contributed by atoms with van der Waals surface area (Å²) in [4.78, 5) is 1.07. The van der Waals surface area contributed by atoms with E-state index in [1.807, 2.05) is 24.3 Å². The topological polar surface area (TPSA) is 58.6 Å². The summed E-state index contributed by atoms with van der Waals surface area (Å²) in [6, 6.07) is 12.1. The molecule has 0 aromatic heterocycles. The van der Waals surface area contributed by atoms with Crippen molar-refractivity contribution in [2.75, 3.05) is 0 Å². The lowest BCUT2D eigenvalue weighted by Gasteiger charge is -2.09. The van der Waals surface area contributed by atoms with Crippen LogP contribution >= 0.6 is 27.7 Å². The van der Waals surface area contributed by atoms with Gasteiger partial charge in [0, 0.05) is 20.7 Å². The van der Waals surface area contributed by atoms with Crippen LogP contribution in [0, 0.1) is 5.82 Å². The van der Waals surface area contributed by atoms with Gasteiger partial charge in [-0.1, -0.05) is 23.4 Å². The second-order valence-electron chi connectivity index (χ2n) is 4.01. The summed E-state index contributed by atoms with van der Waals surface area (Å²) in [6.07, 6.45) is 0. The summed E-state index contributed by atoms with van der Waals surface area (Å²) in [5.41, 5.74) is 6.79. The smallest absolute Gasteiger partial charge is 0.170 e. The first-order valence-corrected chi connectivity index (χ1v) is 7.53. The molecule has 0 amide bonds. The Bertz CT molecular complexity index is 649. The molecule has 0 saturated heterocycles. The van der Waals surface area contributed by atoms with Crippen molar-refractivity contribution in [1.29, 1.82) is 0 Å². The Labute approximate surface area is 128 Å². The van der Waals surface area contributed by atoms with Crippen LogP contribution in [0.15, 0.2) is 57.0 Å². The second kappa shape index (κ2) is 6.76. The first-order valence-electron chi connectivity index (χ1n) is 5.75. The maximum absolute atomic E-state index is 13.3. The van der Waals surface area contributed by atoms with Gasteiger partial charge in [0.05, 0.1) is 0 Å². The summed E-state index contributed by atoms with van der Waals surface area (Å²) < 4.78 is 14.3. The van der Waals surface area contributed by atoms with Crippen LogP contribution in [-0.2, 0) is 5.75 Å². The van der Waals surface area contributed by atoms with Gasteiger partial charge in [0.1, 0.15) is 5.82 Å². The van der Waals surface area contributed by atoms with Gasteiger partial charge in [0.2, 0.25) is 0 Å². The van der Waals surface area contributed by atoms with Crippen molar-refractivity contribution >= 4 is 33.5 Å². The zero-order chi connectivity index (χ0) is 14.5. The minimum absolute atomic E-state index is 0.0905. The summed E-state index contributed by atoms with van der Waals surface area (Å²) >= 11 is 5.06. The third-order valence-electron chi connectivity index (χ3n) is 2.68. The standard InChI is InChI=1S/C14H12BrFN2OS/c15-12-3-1-2-4-13(12)20-8-9-5-6-10(16)7-11(9)14(17)18-19/h1-7,19H,8H2,(H2,17,18). The number of nitrogens with two attached hydrogens (primary N) is 1. The molecule has 0 aliphatic heterocycles. The Hall–Kier alpha value is -1.53.